The number of hydrogen-bond acceptors (Lipinski definition) is 6. The lowest BCUT2D eigenvalue weighted by Crippen LogP contribution is -2.70. The standard InChI is InChI=1S/C27H32ClN7O3/c1-5-7-21(18-8-6-9-19(28)15-18)31-27(38)35-24(26(37)34(4)23-10-11-33(3)32-23)20(25(35)36)13-17-12-16(2)30-22(29)14-17/h6,8-12,14-15,20-21,24H,5,7,13H2,1-4H3,(H2,29,30)(H,31,38)/t20-,21-,24+/m1/s1. The third kappa shape index (κ3) is 5.65. The maximum Gasteiger partial charge on any atom is 0.325 e. The van der Waals surface area contributed by atoms with Gasteiger partial charge in [-0.25, -0.2) is 9.78 Å². The van der Waals surface area contributed by atoms with Crippen molar-refractivity contribution in [1.29, 1.82) is 0 Å². The average molecular weight is 538 g/mol. The Balaban J connectivity index is 1.62. The molecular weight excluding hydrogens is 506 g/mol. The molecule has 1 aliphatic rings. The Kier molecular flexibility index (Phi) is 8.01. The van der Waals surface area contributed by atoms with Gasteiger partial charge in [-0.3, -0.25) is 24.1 Å². The number of imide groups is 1. The zero-order valence-electron chi connectivity index (χ0n) is 21.9. The molecule has 0 bridgehead atoms. The van der Waals surface area contributed by atoms with Crippen LogP contribution < -0.4 is 16.0 Å². The molecule has 1 fully saturated rings. The van der Waals surface area contributed by atoms with Crippen LogP contribution in [0.5, 0.6) is 0 Å². The van der Waals surface area contributed by atoms with E-state index in [-0.39, 0.29) is 12.5 Å². The Bertz CT molecular complexity index is 1340. The molecule has 1 saturated heterocycles. The molecule has 0 saturated carbocycles. The van der Waals surface area contributed by atoms with Crippen LogP contribution >= 0.6 is 11.6 Å². The predicted molar refractivity (Wildman–Crippen MR) is 145 cm³/mol. The highest BCUT2D eigenvalue weighted by atomic mass is 35.5. The summed E-state index contributed by atoms with van der Waals surface area (Å²) in [5, 5.41) is 7.80. The highest BCUT2D eigenvalue weighted by Gasteiger charge is 2.55. The number of halogens is 1. The summed E-state index contributed by atoms with van der Waals surface area (Å²) < 4.78 is 1.58. The van der Waals surface area contributed by atoms with Crippen LogP contribution in [0, 0.1) is 12.8 Å². The first-order valence-corrected chi connectivity index (χ1v) is 12.9. The Labute approximate surface area is 226 Å². The van der Waals surface area contributed by atoms with Crippen molar-refractivity contribution in [1.82, 2.24) is 25.0 Å². The summed E-state index contributed by atoms with van der Waals surface area (Å²) in [4.78, 5) is 47.2. The third-order valence-electron chi connectivity index (χ3n) is 6.67. The van der Waals surface area contributed by atoms with Crippen LogP contribution in [0.25, 0.3) is 0 Å². The number of nitrogens with two attached hydrogens (primary N) is 1. The second-order valence-corrected chi connectivity index (χ2v) is 10.0. The Morgan fingerprint density at radius 2 is 2.00 bits per heavy atom. The predicted octanol–water partition coefficient (Wildman–Crippen LogP) is 3.64. The van der Waals surface area contributed by atoms with E-state index in [2.05, 4.69) is 15.4 Å². The number of carbonyl (C=O) groups is 3. The van der Waals surface area contributed by atoms with Gasteiger partial charge in [-0.2, -0.15) is 5.10 Å². The zero-order chi connectivity index (χ0) is 27.6. The number of likely N-dealkylation sites (tertiary alicyclic amines) is 1. The van der Waals surface area contributed by atoms with Gasteiger partial charge < -0.3 is 11.1 Å². The maximum absolute atomic E-state index is 13.7. The number of hydrogen-bond donors (Lipinski definition) is 2. The fraction of sp³-hybridized carbons (Fsp3) is 0.370. The van der Waals surface area contributed by atoms with Crippen molar-refractivity contribution in [3.8, 4) is 0 Å². The highest BCUT2D eigenvalue weighted by molar-refractivity contribution is 6.30. The van der Waals surface area contributed by atoms with Crippen molar-refractivity contribution < 1.29 is 14.4 Å². The Morgan fingerprint density at radius 3 is 2.63 bits per heavy atom. The van der Waals surface area contributed by atoms with Gasteiger partial charge in [-0.15, -0.1) is 0 Å². The van der Waals surface area contributed by atoms with Crippen LogP contribution in [0.1, 0.15) is 42.6 Å². The number of β-lactam (4-membered cyclic amide) rings is 1. The summed E-state index contributed by atoms with van der Waals surface area (Å²) in [7, 11) is 3.33. The second-order valence-electron chi connectivity index (χ2n) is 9.60. The molecular formula is C27H32ClN7O3. The fourth-order valence-corrected chi connectivity index (χ4v) is 5.04. The second kappa shape index (κ2) is 11.2. The number of aryl methyl sites for hydroxylation is 2. The molecule has 1 aromatic carbocycles. The topological polar surface area (TPSA) is 126 Å². The minimum Gasteiger partial charge on any atom is -0.384 e. The summed E-state index contributed by atoms with van der Waals surface area (Å²) in [6.07, 6.45) is 3.40. The number of urea groups is 1. The van der Waals surface area contributed by atoms with E-state index < -0.39 is 29.8 Å². The smallest absolute Gasteiger partial charge is 0.325 e. The first-order valence-electron chi connectivity index (χ1n) is 12.5. The fourth-order valence-electron chi connectivity index (χ4n) is 4.84. The van der Waals surface area contributed by atoms with Crippen LogP contribution in [0.4, 0.5) is 16.4 Å². The highest BCUT2D eigenvalue weighted by Crippen LogP contribution is 2.33. The van der Waals surface area contributed by atoms with E-state index in [1.54, 1.807) is 49.2 Å². The van der Waals surface area contributed by atoms with Gasteiger partial charge >= 0.3 is 6.03 Å². The molecule has 1 aliphatic heterocycles. The van der Waals surface area contributed by atoms with E-state index in [1.165, 1.54) is 4.90 Å². The molecule has 0 unspecified atom stereocenters. The summed E-state index contributed by atoms with van der Waals surface area (Å²) in [6.45, 7) is 3.81. The summed E-state index contributed by atoms with van der Waals surface area (Å²) in [5.74, 6) is -0.820. The summed E-state index contributed by atoms with van der Waals surface area (Å²) in [6, 6.07) is 10.4. The first kappa shape index (κ1) is 27.1. The van der Waals surface area contributed by atoms with E-state index in [4.69, 9.17) is 17.3 Å². The number of nitrogens with one attached hydrogen (secondary N) is 1. The van der Waals surface area contributed by atoms with Gasteiger partial charge in [0, 0.05) is 37.1 Å². The van der Waals surface area contributed by atoms with E-state index >= 15 is 0 Å². The molecule has 0 radical (unpaired) electrons. The number of amides is 4. The van der Waals surface area contributed by atoms with Crippen molar-refractivity contribution in [2.75, 3.05) is 17.7 Å². The normalized spacial score (nSPS) is 17.6. The maximum atomic E-state index is 13.7. The van der Waals surface area contributed by atoms with Gasteiger partial charge in [0.1, 0.15) is 11.9 Å². The van der Waals surface area contributed by atoms with Gasteiger partial charge in [0.15, 0.2) is 5.82 Å². The SMILES string of the molecule is CCC[C@@H](NC(=O)N1C(=O)[C@H](Cc2cc(C)nc(N)c2)[C@H]1C(=O)N(C)c1ccn(C)n1)c1cccc(Cl)c1. The minimum absolute atomic E-state index is 0.245. The molecule has 10 nitrogen and oxygen atoms in total. The molecule has 4 amide bonds. The first-order chi connectivity index (χ1) is 18.1. The number of nitrogen functional groups attached to an aromatic ring is 1. The molecule has 3 heterocycles. The molecule has 3 aromatic rings. The summed E-state index contributed by atoms with van der Waals surface area (Å²) >= 11 is 6.18. The van der Waals surface area contributed by atoms with Gasteiger partial charge in [-0.05, 0) is 55.2 Å². The number of pyridine rings is 1. The number of rotatable bonds is 8. The van der Waals surface area contributed by atoms with Gasteiger partial charge in [0.05, 0.1) is 12.0 Å². The molecule has 0 spiro atoms. The molecule has 200 valence electrons. The Morgan fingerprint density at radius 1 is 1.24 bits per heavy atom. The van der Waals surface area contributed by atoms with E-state index in [0.717, 1.165) is 22.4 Å². The number of anilines is 2. The lowest BCUT2D eigenvalue weighted by Gasteiger charge is -2.45. The van der Waals surface area contributed by atoms with Crippen molar-refractivity contribution >= 4 is 41.1 Å². The zero-order valence-corrected chi connectivity index (χ0v) is 22.6. The van der Waals surface area contributed by atoms with E-state index in [9.17, 15) is 14.4 Å². The van der Waals surface area contributed by atoms with E-state index in [0.29, 0.717) is 28.8 Å². The molecule has 11 heteroatoms. The van der Waals surface area contributed by atoms with Gasteiger partial charge in [0.25, 0.3) is 5.91 Å². The average Bonchev–Trinajstić information content (AvgIpc) is 3.30. The molecule has 38 heavy (non-hydrogen) atoms. The van der Waals surface area contributed by atoms with Crippen molar-refractivity contribution in [3.63, 3.8) is 0 Å². The molecule has 0 aliphatic carbocycles. The quantitative estimate of drug-likeness (QED) is 0.422. The molecule has 2 aromatic heterocycles. The molecule has 4 rings (SSSR count). The minimum atomic E-state index is -1.01. The lowest BCUT2D eigenvalue weighted by atomic mass is 9.81. The number of carbonyl (C=O) groups excluding carboxylic acids is 3. The number of aromatic nitrogens is 3. The van der Waals surface area contributed by atoms with Crippen LogP contribution in [0.3, 0.4) is 0 Å². The summed E-state index contributed by atoms with van der Waals surface area (Å²) in [5.41, 5.74) is 8.22. The van der Waals surface area contributed by atoms with Crippen LogP contribution in [-0.2, 0) is 23.1 Å². The third-order valence-corrected chi connectivity index (χ3v) is 6.91. The van der Waals surface area contributed by atoms with Crippen molar-refractivity contribution in [3.05, 3.63) is 70.5 Å². The largest absolute Gasteiger partial charge is 0.384 e. The van der Waals surface area contributed by atoms with Crippen LogP contribution in [0.2, 0.25) is 5.02 Å². The van der Waals surface area contributed by atoms with Crippen molar-refractivity contribution in [2.24, 2.45) is 13.0 Å². The molecule has 3 N–H and O–H groups in total. The van der Waals surface area contributed by atoms with Gasteiger partial charge in [-0.1, -0.05) is 37.1 Å². The van der Waals surface area contributed by atoms with Gasteiger partial charge in [0.2, 0.25) is 5.91 Å². The Hall–Kier alpha value is -3.92. The molecule has 3 atom stereocenters. The van der Waals surface area contributed by atoms with Crippen LogP contribution in [-0.4, -0.2) is 50.6 Å². The van der Waals surface area contributed by atoms with Crippen LogP contribution in [0.15, 0.2) is 48.7 Å². The van der Waals surface area contributed by atoms with Crippen molar-refractivity contribution in [2.45, 2.75) is 45.2 Å². The number of nitrogens with zero attached hydrogens (tertiary/aromatic N) is 5. The van der Waals surface area contributed by atoms with E-state index in [1.807, 2.05) is 32.0 Å². The number of likely N-dealkylation sites (N-methyl/N-ethyl adjacent to an activating group) is 1. The number of benzene rings is 1. The monoisotopic (exact) mass is 537 g/mol. The lowest BCUT2D eigenvalue weighted by molar-refractivity contribution is -0.156.